The van der Waals surface area contributed by atoms with Crippen molar-refractivity contribution in [1.29, 1.82) is 0 Å². The van der Waals surface area contributed by atoms with Gasteiger partial charge in [0.1, 0.15) is 11.8 Å². The summed E-state index contributed by atoms with van der Waals surface area (Å²) in [4.78, 5) is 26.8. The first kappa shape index (κ1) is 16.2. The Bertz CT molecular complexity index is 589. The Balaban J connectivity index is 1.67. The molecule has 0 unspecified atom stereocenters. The average Bonchev–Trinajstić information content (AvgIpc) is 3.26. The van der Waals surface area contributed by atoms with Gasteiger partial charge in [0, 0.05) is 17.9 Å². The predicted molar refractivity (Wildman–Crippen MR) is 90.6 cm³/mol. The number of rotatable bonds is 6. The smallest absolute Gasteiger partial charge is 0.255 e. The average molecular weight is 334 g/mol. The number of amides is 2. The second-order valence-electron chi connectivity index (χ2n) is 5.94. The summed E-state index contributed by atoms with van der Waals surface area (Å²) in [5.41, 5.74) is 0.568. The highest BCUT2D eigenvalue weighted by Crippen LogP contribution is 2.28. The highest BCUT2D eigenvalue weighted by atomic mass is 32.2. The molecule has 6 heteroatoms. The first-order chi connectivity index (χ1) is 11.2. The summed E-state index contributed by atoms with van der Waals surface area (Å²) in [6, 6.07) is 6.78. The zero-order valence-corrected chi connectivity index (χ0v) is 14.1. The molecule has 0 bridgehead atoms. The fraction of sp³-hybridized carbons (Fsp3) is 0.529. The molecule has 1 aromatic carbocycles. The van der Waals surface area contributed by atoms with Gasteiger partial charge in [0.15, 0.2) is 0 Å². The third-order valence-electron chi connectivity index (χ3n) is 4.10. The number of benzene rings is 1. The summed E-state index contributed by atoms with van der Waals surface area (Å²) in [6.45, 7) is 3.21. The maximum atomic E-state index is 12.7. The lowest BCUT2D eigenvalue weighted by Gasteiger charge is -2.23. The van der Waals surface area contributed by atoms with Crippen LogP contribution in [0.5, 0.6) is 5.75 Å². The minimum atomic E-state index is -0.373. The summed E-state index contributed by atoms with van der Waals surface area (Å²) in [6.07, 6.45) is 2.40. The molecule has 2 aliphatic rings. The van der Waals surface area contributed by atoms with Gasteiger partial charge in [0.25, 0.3) is 5.91 Å². The van der Waals surface area contributed by atoms with Gasteiger partial charge in [-0.05, 0) is 43.9 Å². The number of ether oxygens (including phenoxy) is 1. The zero-order valence-electron chi connectivity index (χ0n) is 13.3. The van der Waals surface area contributed by atoms with E-state index in [2.05, 4.69) is 5.32 Å². The van der Waals surface area contributed by atoms with Crippen LogP contribution < -0.4 is 10.1 Å². The number of carbonyl (C=O) groups is 2. The van der Waals surface area contributed by atoms with E-state index in [1.54, 1.807) is 28.8 Å². The maximum absolute atomic E-state index is 12.7. The number of nitrogens with one attached hydrogen (secondary N) is 1. The lowest BCUT2D eigenvalue weighted by Crippen LogP contribution is -2.47. The number of thioether (sulfide) groups is 1. The third kappa shape index (κ3) is 3.99. The van der Waals surface area contributed by atoms with Gasteiger partial charge in [-0.15, -0.1) is 11.8 Å². The molecule has 1 heterocycles. The van der Waals surface area contributed by atoms with Gasteiger partial charge in [0.2, 0.25) is 5.91 Å². The van der Waals surface area contributed by atoms with Gasteiger partial charge in [-0.25, -0.2) is 0 Å². The topological polar surface area (TPSA) is 58.6 Å². The van der Waals surface area contributed by atoms with E-state index in [0.29, 0.717) is 35.5 Å². The van der Waals surface area contributed by atoms with Crippen LogP contribution in [-0.2, 0) is 4.79 Å². The molecule has 1 aliphatic carbocycles. The van der Waals surface area contributed by atoms with E-state index >= 15 is 0 Å². The molecule has 1 aromatic rings. The number of carbonyl (C=O) groups excluding carboxylic acids is 2. The molecule has 23 heavy (non-hydrogen) atoms. The first-order valence-corrected chi connectivity index (χ1v) is 9.23. The van der Waals surface area contributed by atoms with Crippen molar-refractivity contribution in [3.05, 3.63) is 29.8 Å². The molecule has 1 saturated heterocycles. The van der Waals surface area contributed by atoms with E-state index in [1.807, 2.05) is 19.1 Å². The molecule has 1 saturated carbocycles. The second kappa shape index (κ2) is 7.25. The van der Waals surface area contributed by atoms with Crippen LogP contribution in [0, 0.1) is 5.92 Å². The van der Waals surface area contributed by atoms with Crippen LogP contribution >= 0.6 is 11.8 Å². The molecular weight excluding hydrogens is 312 g/mol. The van der Waals surface area contributed by atoms with E-state index in [-0.39, 0.29) is 17.9 Å². The predicted octanol–water partition coefficient (Wildman–Crippen LogP) is 2.13. The maximum Gasteiger partial charge on any atom is 0.255 e. The van der Waals surface area contributed by atoms with Gasteiger partial charge in [-0.3, -0.25) is 9.59 Å². The van der Waals surface area contributed by atoms with Crippen molar-refractivity contribution in [1.82, 2.24) is 10.2 Å². The number of hydrogen-bond acceptors (Lipinski definition) is 4. The fourth-order valence-corrected chi connectivity index (χ4v) is 3.75. The van der Waals surface area contributed by atoms with Crippen molar-refractivity contribution in [3.8, 4) is 5.75 Å². The van der Waals surface area contributed by atoms with Crippen molar-refractivity contribution >= 4 is 23.6 Å². The number of nitrogens with zero attached hydrogens (tertiary/aromatic N) is 1. The van der Waals surface area contributed by atoms with Crippen molar-refractivity contribution < 1.29 is 14.3 Å². The fourth-order valence-electron chi connectivity index (χ4n) is 2.60. The summed E-state index contributed by atoms with van der Waals surface area (Å²) in [5.74, 6) is 2.39. The van der Waals surface area contributed by atoms with Crippen LogP contribution in [0.2, 0.25) is 0 Å². The van der Waals surface area contributed by atoms with Crippen LogP contribution in [0.3, 0.4) is 0 Å². The molecule has 5 nitrogen and oxygen atoms in total. The SMILES string of the molecule is CCOc1cccc(C(=O)N2CSC[C@@H]2C(=O)NCC2CC2)c1. The van der Waals surface area contributed by atoms with Gasteiger partial charge in [-0.1, -0.05) is 6.07 Å². The molecule has 2 fully saturated rings. The molecule has 0 radical (unpaired) electrons. The van der Waals surface area contributed by atoms with Crippen LogP contribution in [0.1, 0.15) is 30.1 Å². The molecule has 0 spiro atoms. The Morgan fingerprint density at radius 1 is 1.39 bits per heavy atom. The van der Waals surface area contributed by atoms with Gasteiger partial charge in [0.05, 0.1) is 12.5 Å². The summed E-state index contributed by atoms with van der Waals surface area (Å²) in [5, 5.41) is 2.98. The summed E-state index contributed by atoms with van der Waals surface area (Å²) in [7, 11) is 0. The first-order valence-electron chi connectivity index (χ1n) is 8.08. The van der Waals surface area contributed by atoms with E-state index < -0.39 is 0 Å². The third-order valence-corrected chi connectivity index (χ3v) is 5.11. The summed E-state index contributed by atoms with van der Waals surface area (Å²) < 4.78 is 5.45. The van der Waals surface area contributed by atoms with Crippen LogP contribution in [0.25, 0.3) is 0 Å². The Kier molecular flexibility index (Phi) is 5.10. The van der Waals surface area contributed by atoms with Crippen molar-refractivity contribution in [2.24, 2.45) is 5.92 Å². The van der Waals surface area contributed by atoms with Gasteiger partial charge in [-0.2, -0.15) is 0 Å². The van der Waals surface area contributed by atoms with Crippen molar-refractivity contribution in [3.63, 3.8) is 0 Å². The zero-order chi connectivity index (χ0) is 16.2. The Labute approximate surface area is 140 Å². The molecule has 124 valence electrons. The van der Waals surface area contributed by atoms with Gasteiger partial charge < -0.3 is 15.0 Å². The molecule has 0 aromatic heterocycles. The van der Waals surface area contributed by atoms with Crippen molar-refractivity contribution in [2.45, 2.75) is 25.8 Å². The highest BCUT2D eigenvalue weighted by Gasteiger charge is 2.35. The van der Waals surface area contributed by atoms with Crippen LogP contribution in [0.4, 0.5) is 0 Å². The quantitative estimate of drug-likeness (QED) is 0.866. The molecule has 1 aliphatic heterocycles. The highest BCUT2D eigenvalue weighted by molar-refractivity contribution is 7.99. The van der Waals surface area contributed by atoms with Gasteiger partial charge >= 0.3 is 0 Å². The molecule has 3 rings (SSSR count). The minimum Gasteiger partial charge on any atom is -0.494 e. The Hall–Kier alpha value is -1.69. The molecule has 1 N–H and O–H groups in total. The van der Waals surface area contributed by atoms with E-state index in [4.69, 9.17) is 4.74 Å². The van der Waals surface area contributed by atoms with E-state index in [0.717, 1.165) is 6.54 Å². The largest absolute Gasteiger partial charge is 0.494 e. The van der Waals surface area contributed by atoms with Crippen LogP contribution in [0.15, 0.2) is 24.3 Å². The molecule has 1 atom stereocenters. The number of hydrogen-bond donors (Lipinski definition) is 1. The lowest BCUT2D eigenvalue weighted by atomic mass is 10.1. The minimum absolute atomic E-state index is 0.0313. The monoisotopic (exact) mass is 334 g/mol. The molecule has 2 amide bonds. The van der Waals surface area contributed by atoms with E-state index in [9.17, 15) is 9.59 Å². The second-order valence-corrected chi connectivity index (χ2v) is 6.94. The Morgan fingerprint density at radius 3 is 2.96 bits per heavy atom. The standard InChI is InChI=1S/C17H22N2O3S/c1-2-22-14-5-3-4-13(8-14)17(21)19-11-23-10-15(19)16(20)18-9-12-6-7-12/h3-5,8,12,15H,2,6-7,9-11H2,1H3,(H,18,20)/t15-/m1/s1. The Morgan fingerprint density at radius 2 is 2.22 bits per heavy atom. The normalized spacial score (nSPS) is 20.4. The molecular formula is C17H22N2O3S. The van der Waals surface area contributed by atoms with Crippen LogP contribution in [-0.4, -0.2) is 47.5 Å². The van der Waals surface area contributed by atoms with Crippen molar-refractivity contribution in [2.75, 3.05) is 24.8 Å². The lowest BCUT2D eigenvalue weighted by molar-refractivity contribution is -0.124. The summed E-state index contributed by atoms with van der Waals surface area (Å²) >= 11 is 1.62. The van der Waals surface area contributed by atoms with E-state index in [1.165, 1.54) is 12.8 Å².